The zero-order valence-electron chi connectivity index (χ0n) is 15.3. The molecule has 5 heteroatoms. The van der Waals surface area contributed by atoms with Crippen molar-refractivity contribution in [3.8, 4) is 0 Å². The zero-order chi connectivity index (χ0) is 17.7. The van der Waals surface area contributed by atoms with Gasteiger partial charge in [-0.2, -0.15) is 0 Å². The molecule has 0 N–H and O–H groups in total. The van der Waals surface area contributed by atoms with Crippen molar-refractivity contribution < 1.29 is 23.8 Å². The topological polar surface area (TPSA) is 65.1 Å². The van der Waals surface area contributed by atoms with Crippen molar-refractivity contribution in [1.29, 1.82) is 0 Å². The lowest BCUT2D eigenvalue weighted by Gasteiger charge is -2.45. The van der Waals surface area contributed by atoms with Crippen LogP contribution in [0.1, 0.15) is 60.3 Å². The van der Waals surface area contributed by atoms with Crippen molar-refractivity contribution in [2.75, 3.05) is 0 Å². The number of esters is 2. The Balaban J connectivity index is 1.99. The van der Waals surface area contributed by atoms with E-state index < -0.39 is 12.2 Å². The van der Waals surface area contributed by atoms with E-state index in [9.17, 15) is 9.59 Å². The van der Waals surface area contributed by atoms with Crippen LogP contribution < -0.4 is 0 Å². The number of rotatable bonds is 2. The molecule has 5 nitrogen and oxygen atoms in total. The van der Waals surface area contributed by atoms with Gasteiger partial charge in [0.15, 0.2) is 6.10 Å². The first-order valence-electron chi connectivity index (χ1n) is 8.91. The van der Waals surface area contributed by atoms with Gasteiger partial charge < -0.3 is 14.2 Å². The lowest BCUT2D eigenvalue weighted by molar-refractivity contribution is -0.163. The summed E-state index contributed by atoms with van der Waals surface area (Å²) in [5.41, 5.74) is 0.700. The minimum Gasteiger partial charge on any atom is -0.458 e. The van der Waals surface area contributed by atoms with E-state index in [1.807, 2.05) is 6.92 Å². The van der Waals surface area contributed by atoms with Crippen molar-refractivity contribution in [3.63, 3.8) is 0 Å². The highest BCUT2D eigenvalue weighted by Crippen LogP contribution is 2.64. The molecule has 2 aliphatic carbocycles. The summed E-state index contributed by atoms with van der Waals surface area (Å²) >= 11 is 0. The predicted molar refractivity (Wildman–Crippen MR) is 88.2 cm³/mol. The number of carbonyl (C=O) groups excluding carboxylic acids is 2. The van der Waals surface area contributed by atoms with Crippen LogP contribution in [0.3, 0.4) is 0 Å². The second kappa shape index (κ2) is 5.87. The molecule has 1 spiro atoms. The number of epoxide rings is 1. The van der Waals surface area contributed by atoms with Crippen molar-refractivity contribution in [3.05, 3.63) is 11.6 Å². The summed E-state index contributed by atoms with van der Waals surface area (Å²) < 4.78 is 17.2. The molecule has 134 valence electrons. The van der Waals surface area contributed by atoms with Crippen molar-refractivity contribution in [2.24, 2.45) is 11.3 Å². The van der Waals surface area contributed by atoms with Crippen molar-refractivity contribution in [2.45, 2.75) is 84.2 Å². The van der Waals surface area contributed by atoms with Gasteiger partial charge in [-0.1, -0.05) is 19.9 Å². The average molecular weight is 336 g/mol. The molecule has 1 heterocycles. The monoisotopic (exact) mass is 336 g/mol. The molecule has 0 amide bonds. The Hall–Kier alpha value is -1.36. The Bertz CT molecular complexity index is 582. The summed E-state index contributed by atoms with van der Waals surface area (Å²) in [6.45, 7) is 9.29. The SMILES string of the molecule is CC(=O)OC1CCC23OC2CCC(C)C3(C)C=C(C)C1OC(C)=O. The van der Waals surface area contributed by atoms with Gasteiger partial charge in [0.05, 0.1) is 6.10 Å². The van der Waals surface area contributed by atoms with Gasteiger partial charge in [-0.15, -0.1) is 0 Å². The maximum absolute atomic E-state index is 11.6. The van der Waals surface area contributed by atoms with Crippen LogP contribution in [-0.4, -0.2) is 35.9 Å². The van der Waals surface area contributed by atoms with Crippen LogP contribution in [0.4, 0.5) is 0 Å². The van der Waals surface area contributed by atoms with Gasteiger partial charge in [-0.25, -0.2) is 0 Å². The molecular weight excluding hydrogens is 308 g/mol. The minimum absolute atomic E-state index is 0.0837. The molecule has 1 saturated carbocycles. The van der Waals surface area contributed by atoms with Crippen LogP contribution in [0, 0.1) is 11.3 Å². The van der Waals surface area contributed by atoms with Gasteiger partial charge in [0, 0.05) is 19.3 Å². The lowest BCUT2D eigenvalue weighted by atomic mass is 9.58. The van der Waals surface area contributed by atoms with Gasteiger partial charge >= 0.3 is 11.9 Å². The molecule has 0 aromatic carbocycles. The Labute approximate surface area is 143 Å². The van der Waals surface area contributed by atoms with Crippen molar-refractivity contribution >= 4 is 11.9 Å². The highest BCUT2D eigenvalue weighted by atomic mass is 16.6. The Kier molecular flexibility index (Phi) is 4.27. The Morgan fingerprint density at radius 1 is 1.17 bits per heavy atom. The molecule has 0 radical (unpaired) electrons. The third-order valence-corrected chi connectivity index (χ3v) is 6.34. The van der Waals surface area contributed by atoms with Crippen molar-refractivity contribution in [1.82, 2.24) is 0 Å². The summed E-state index contributed by atoms with van der Waals surface area (Å²) in [6.07, 6.45) is 5.23. The first kappa shape index (κ1) is 17.5. The van der Waals surface area contributed by atoms with Crippen LogP contribution in [-0.2, 0) is 23.8 Å². The minimum atomic E-state index is -0.521. The normalized spacial score (nSPS) is 44.1. The molecule has 0 aromatic rings. The second-order valence-corrected chi connectivity index (χ2v) is 7.86. The van der Waals surface area contributed by atoms with E-state index in [0.717, 1.165) is 24.8 Å². The van der Waals surface area contributed by atoms with E-state index in [0.29, 0.717) is 18.4 Å². The van der Waals surface area contributed by atoms with Crippen LogP contribution in [0.2, 0.25) is 0 Å². The molecule has 24 heavy (non-hydrogen) atoms. The number of hydrogen-bond donors (Lipinski definition) is 0. The van der Waals surface area contributed by atoms with E-state index in [-0.39, 0.29) is 23.0 Å². The highest BCUT2D eigenvalue weighted by Gasteiger charge is 2.69. The fraction of sp³-hybridized carbons (Fsp3) is 0.789. The van der Waals surface area contributed by atoms with E-state index in [1.165, 1.54) is 13.8 Å². The molecule has 6 unspecified atom stereocenters. The fourth-order valence-electron chi connectivity index (χ4n) is 4.90. The molecule has 1 saturated heterocycles. The van der Waals surface area contributed by atoms with Crippen LogP contribution in [0.25, 0.3) is 0 Å². The molecule has 0 bridgehead atoms. The summed E-state index contributed by atoms with van der Waals surface area (Å²) in [6, 6.07) is 0. The highest BCUT2D eigenvalue weighted by molar-refractivity contribution is 5.67. The standard InChI is InChI=1S/C19H28O5/c1-11-10-18(5)12(2)6-7-16-19(18,24-16)9-8-15(22-13(3)20)17(11)23-14(4)21/h10,12,15-17H,6-9H2,1-5H3. The van der Waals surface area contributed by atoms with E-state index in [2.05, 4.69) is 19.9 Å². The third-order valence-electron chi connectivity index (χ3n) is 6.34. The number of hydrogen-bond acceptors (Lipinski definition) is 5. The molecule has 0 aromatic heterocycles. The molecule has 3 rings (SSSR count). The summed E-state index contributed by atoms with van der Waals surface area (Å²) in [4.78, 5) is 23.1. The van der Waals surface area contributed by atoms with Crippen LogP contribution >= 0.6 is 0 Å². The summed E-state index contributed by atoms with van der Waals surface area (Å²) in [5.74, 6) is -0.215. The molecule has 1 aliphatic heterocycles. The molecular formula is C19H28O5. The smallest absolute Gasteiger partial charge is 0.303 e. The van der Waals surface area contributed by atoms with Gasteiger partial charge in [0.25, 0.3) is 0 Å². The zero-order valence-corrected chi connectivity index (χ0v) is 15.3. The maximum atomic E-state index is 11.6. The Morgan fingerprint density at radius 3 is 2.46 bits per heavy atom. The number of carbonyl (C=O) groups is 2. The van der Waals surface area contributed by atoms with E-state index >= 15 is 0 Å². The maximum Gasteiger partial charge on any atom is 0.303 e. The Morgan fingerprint density at radius 2 is 1.83 bits per heavy atom. The average Bonchev–Trinajstić information content (AvgIpc) is 3.20. The van der Waals surface area contributed by atoms with Gasteiger partial charge in [-0.05, 0) is 44.1 Å². The quantitative estimate of drug-likeness (QED) is 0.440. The van der Waals surface area contributed by atoms with Gasteiger partial charge in [-0.3, -0.25) is 9.59 Å². The third kappa shape index (κ3) is 2.67. The first-order chi connectivity index (χ1) is 11.2. The van der Waals surface area contributed by atoms with E-state index in [1.54, 1.807) is 0 Å². The van der Waals surface area contributed by atoms with Crippen LogP contribution in [0.15, 0.2) is 11.6 Å². The first-order valence-corrected chi connectivity index (χ1v) is 8.91. The molecule has 6 atom stereocenters. The summed E-state index contributed by atoms with van der Waals surface area (Å²) in [5, 5.41) is 0. The van der Waals surface area contributed by atoms with Gasteiger partial charge in [0.1, 0.15) is 11.7 Å². The fourth-order valence-corrected chi connectivity index (χ4v) is 4.90. The number of ether oxygens (including phenoxy) is 3. The van der Waals surface area contributed by atoms with Gasteiger partial charge in [0.2, 0.25) is 0 Å². The predicted octanol–water partition coefficient (Wildman–Crippen LogP) is 3.16. The molecule has 2 fully saturated rings. The lowest BCUT2D eigenvalue weighted by Crippen LogP contribution is -2.48. The molecule has 3 aliphatic rings. The largest absolute Gasteiger partial charge is 0.458 e. The summed E-state index contributed by atoms with van der Waals surface area (Å²) in [7, 11) is 0. The van der Waals surface area contributed by atoms with Crippen LogP contribution in [0.5, 0.6) is 0 Å². The second-order valence-electron chi connectivity index (χ2n) is 7.86. The van der Waals surface area contributed by atoms with E-state index in [4.69, 9.17) is 14.2 Å².